The summed E-state index contributed by atoms with van der Waals surface area (Å²) in [6.07, 6.45) is 4.11. The zero-order valence-corrected chi connectivity index (χ0v) is 12.1. The highest BCUT2D eigenvalue weighted by molar-refractivity contribution is 5.66. The van der Waals surface area contributed by atoms with E-state index in [1.54, 1.807) is 0 Å². The van der Waals surface area contributed by atoms with Crippen molar-refractivity contribution in [3.05, 3.63) is 29.8 Å². The van der Waals surface area contributed by atoms with Gasteiger partial charge in [0, 0.05) is 25.2 Å². The van der Waals surface area contributed by atoms with Crippen molar-refractivity contribution in [3.63, 3.8) is 0 Å². The van der Waals surface area contributed by atoms with Gasteiger partial charge in [0.25, 0.3) is 0 Å². The maximum atomic E-state index is 10.5. The molecular weight excluding hydrogens is 238 g/mol. The number of hydrogen-bond donors (Lipinski definition) is 1. The molecule has 0 amide bonds. The molecule has 1 aromatic rings. The summed E-state index contributed by atoms with van der Waals surface area (Å²) in [5, 5.41) is 8.62. The van der Waals surface area contributed by atoms with Crippen molar-refractivity contribution >= 4 is 11.7 Å². The molecule has 3 nitrogen and oxygen atoms in total. The van der Waals surface area contributed by atoms with Crippen LogP contribution < -0.4 is 4.90 Å². The summed E-state index contributed by atoms with van der Waals surface area (Å²) in [4.78, 5) is 12.9. The minimum absolute atomic E-state index is 0.250. The number of hydrogen-bond acceptors (Lipinski definition) is 2. The Morgan fingerprint density at radius 1 is 1.11 bits per heavy atom. The maximum absolute atomic E-state index is 10.5. The van der Waals surface area contributed by atoms with Crippen LogP contribution in [-0.4, -0.2) is 24.2 Å². The van der Waals surface area contributed by atoms with E-state index in [4.69, 9.17) is 5.11 Å². The molecule has 0 heterocycles. The summed E-state index contributed by atoms with van der Waals surface area (Å²) in [5.74, 6) is -0.714. The summed E-state index contributed by atoms with van der Waals surface area (Å²) in [5.41, 5.74) is 2.49. The van der Waals surface area contributed by atoms with Crippen molar-refractivity contribution in [2.45, 2.75) is 46.0 Å². The number of carbonyl (C=O) groups is 1. The normalized spacial score (nSPS) is 10.4. The molecule has 0 aromatic heterocycles. The predicted molar refractivity (Wildman–Crippen MR) is 79.8 cm³/mol. The quantitative estimate of drug-likeness (QED) is 0.738. The van der Waals surface area contributed by atoms with Gasteiger partial charge in [0.05, 0.1) is 0 Å². The topological polar surface area (TPSA) is 40.5 Å². The van der Waals surface area contributed by atoms with Crippen molar-refractivity contribution in [1.29, 1.82) is 0 Å². The largest absolute Gasteiger partial charge is 0.481 e. The number of carboxylic acids is 1. The smallest absolute Gasteiger partial charge is 0.303 e. The number of nitrogens with zero attached hydrogens (tertiary/aromatic N) is 1. The molecule has 0 radical (unpaired) electrons. The fourth-order valence-corrected chi connectivity index (χ4v) is 2.23. The predicted octanol–water partition coefficient (Wildman–Crippen LogP) is 3.72. The lowest BCUT2D eigenvalue weighted by molar-refractivity contribution is -0.137. The maximum Gasteiger partial charge on any atom is 0.303 e. The van der Waals surface area contributed by atoms with E-state index >= 15 is 0 Å². The molecule has 0 saturated heterocycles. The lowest BCUT2D eigenvalue weighted by Crippen LogP contribution is -2.24. The van der Waals surface area contributed by atoms with Gasteiger partial charge in [-0.3, -0.25) is 4.79 Å². The summed E-state index contributed by atoms with van der Waals surface area (Å²) >= 11 is 0. The third kappa shape index (κ3) is 5.77. The second kappa shape index (κ2) is 8.57. The molecule has 19 heavy (non-hydrogen) atoms. The average molecular weight is 263 g/mol. The molecule has 0 saturated carbocycles. The Morgan fingerprint density at radius 2 is 1.68 bits per heavy atom. The van der Waals surface area contributed by atoms with Crippen molar-refractivity contribution in [2.75, 3.05) is 18.0 Å². The van der Waals surface area contributed by atoms with Gasteiger partial charge >= 0.3 is 5.97 Å². The van der Waals surface area contributed by atoms with E-state index < -0.39 is 5.97 Å². The Hall–Kier alpha value is -1.51. The SMILES string of the molecule is CCCN(CCC)c1ccc(CCCC(=O)O)cc1. The molecule has 1 rings (SSSR count). The van der Waals surface area contributed by atoms with Crippen LogP contribution in [0.25, 0.3) is 0 Å². The van der Waals surface area contributed by atoms with Gasteiger partial charge in [-0.1, -0.05) is 26.0 Å². The monoisotopic (exact) mass is 263 g/mol. The van der Waals surface area contributed by atoms with Gasteiger partial charge in [-0.05, 0) is 43.4 Å². The first kappa shape index (κ1) is 15.5. The van der Waals surface area contributed by atoms with E-state index in [0.29, 0.717) is 6.42 Å². The van der Waals surface area contributed by atoms with Crippen LogP contribution >= 0.6 is 0 Å². The first-order chi connectivity index (χ1) is 9.17. The molecule has 0 unspecified atom stereocenters. The summed E-state index contributed by atoms with van der Waals surface area (Å²) in [6, 6.07) is 8.55. The molecule has 0 aliphatic rings. The molecule has 0 fully saturated rings. The Morgan fingerprint density at radius 3 is 2.16 bits per heavy atom. The number of benzene rings is 1. The third-order valence-electron chi connectivity index (χ3n) is 3.14. The first-order valence-electron chi connectivity index (χ1n) is 7.23. The van der Waals surface area contributed by atoms with Crippen LogP contribution in [0.15, 0.2) is 24.3 Å². The third-order valence-corrected chi connectivity index (χ3v) is 3.14. The molecule has 1 N–H and O–H groups in total. The van der Waals surface area contributed by atoms with Crippen LogP contribution in [-0.2, 0) is 11.2 Å². The van der Waals surface area contributed by atoms with Gasteiger partial charge in [0.1, 0.15) is 0 Å². The standard InChI is InChI=1S/C16H25NO2/c1-3-12-17(13-4-2)15-10-8-14(9-11-15)6-5-7-16(18)19/h8-11H,3-7,12-13H2,1-2H3,(H,18,19). The van der Waals surface area contributed by atoms with Gasteiger partial charge < -0.3 is 10.0 Å². The van der Waals surface area contributed by atoms with Crippen molar-refractivity contribution in [1.82, 2.24) is 0 Å². The molecule has 0 aliphatic carbocycles. The number of aryl methyl sites for hydroxylation is 1. The highest BCUT2D eigenvalue weighted by Crippen LogP contribution is 2.17. The zero-order chi connectivity index (χ0) is 14.1. The van der Waals surface area contributed by atoms with E-state index in [0.717, 1.165) is 32.4 Å². The Bertz CT molecular complexity index is 367. The van der Waals surface area contributed by atoms with Crippen LogP contribution in [0.3, 0.4) is 0 Å². The molecule has 1 aromatic carbocycles. The van der Waals surface area contributed by atoms with Gasteiger partial charge in [-0.25, -0.2) is 0 Å². The fourth-order valence-electron chi connectivity index (χ4n) is 2.23. The second-order valence-corrected chi connectivity index (χ2v) is 4.90. The Balaban J connectivity index is 2.55. The van der Waals surface area contributed by atoms with Gasteiger partial charge in [0.2, 0.25) is 0 Å². The van der Waals surface area contributed by atoms with E-state index in [9.17, 15) is 4.79 Å². The molecule has 0 atom stereocenters. The molecule has 0 bridgehead atoms. The van der Waals surface area contributed by atoms with Gasteiger partial charge in [-0.15, -0.1) is 0 Å². The van der Waals surface area contributed by atoms with Crippen LogP contribution in [0.2, 0.25) is 0 Å². The lowest BCUT2D eigenvalue weighted by Gasteiger charge is -2.24. The highest BCUT2D eigenvalue weighted by Gasteiger charge is 2.04. The first-order valence-corrected chi connectivity index (χ1v) is 7.23. The van der Waals surface area contributed by atoms with Crippen LogP contribution in [0.5, 0.6) is 0 Å². The van der Waals surface area contributed by atoms with Crippen molar-refractivity contribution < 1.29 is 9.90 Å². The van der Waals surface area contributed by atoms with Gasteiger partial charge in [-0.2, -0.15) is 0 Å². The lowest BCUT2D eigenvalue weighted by atomic mass is 10.1. The van der Waals surface area contributed by atoms with E-state index in [-0.39, 0.29) is 6.42 Å². The zero-order valence-electron chi connectivity index (χ0n) is 12.1. The van der Waals surface area contributed by atoms with Crippen LogP contribution in [0, 0.1) is 0 Å². The molecule has 3 heteroatoms. The van der Waals surface area contributed by atoms with E-state index in [1.165, 1.54) is 11.3 Å². The van der Waals surface area contributed by atoms with E-state index in [1.807, 2.05) is 0 Å². The Kier molecular flexibility index (Phi) is 7.01. The number of rotatable bonds is 9. The van der Waals surface area contributed by atoms with Crippen molar-refractivity contribution in [2.24, 2.45) is 0 Å². The summed E-state index contributed by atoms with van der Waals surface area (Å²) in [6.45, 7) is 6.57. The van der Waals surface area contributed by atoms with Gasteiger partial charge in [0.15, 0.2) is 0 Å². The van der Waals surface area contributed by atoms with Crippen LogP contribution in [0.1, 0.15) is 45.1 Å². The summed E-state index contributed by atoms with van der Waals surface area (Å²) < 4.78 is 0. The highest BCUT2D eigenvalue weighted by atomic mass is 16.4. The van der Waals surface area contributed by atoms with Crippen LogP contribution in [0.4, 0.5) is 5.69 Å². The molecule has 0 spiro atoms. The Labute approximate surface area is 116 Å². The molecule has 0 aliphatic heterocycles. The second-order valence-electron chi connectivity index (χ2n) is 4.90. The fraction of sp³-hybridized carbons (Fsp3) is 0.562. The molecular formula is C16H25NO2. The minimum Gasteiger partial charge on any atom is -0.481 e. The molecule has 106 valence electrons. The van der Waals surface area contributed by atoms with Crippen molar-refractivity contribution in [3.8, 4) is 0 Å². The number of anilines is 1. The minimum atomic E-state index is -0.714. The summed E-state index contributed by atoms with van der Waals surface area (Å²) in [7, 11) is 0. The number of aliphatic carboxylic acids is 1. The number of carboxylic acid groups (broad SMARTS) is 1. The average Bonchev–Trinajstić information content (AvgIpc) is 2.39. The van der Waals surface area contributed by atoms with E-state index in [2.05, 4.69) is 43.0 Å².